The van der Waals surface area contributed by atoms with Crippen LogP contribution < -0.4 is 11.1 Å². The molecule has 0 aromatic rings. The van der Waals surface area contributed by atoms with Crippen LogP contribution in [0.1, 0.15) is 45.4 Å². The molecule has 2 atom stereocenters. The van der Waals surface area contributed by atoms with Gasteiger partial charge in [0.05, 0.1) is 12.7 Å². The van der Waals surface area contributed by atoms with Crippen LogP contribution in [0.3, 0.4) is 0 Å². The van der Waals surface area contributed by atoms with Crippen molar-refractivity contribution in [2.24, 2.45) is 11.7 Å². The van der Waals surface area contributed by atoms with E-state index in [2.05, 4.69) is 12.2 Å². The van der Waals surface area contributed by atoms with Crippen molar-refractivity contribution in [2.75, 3.05) is 26.8 Å². The third-order valence-electron chi connectivity index (χ3n) is 3.21. The number of nitrogens with two attached hydrogens (primary N) is 1. The van der Waals surface area contributed by atoms with Gasteiger partial charge in [0.25, 0.3) is 0 Å². The molecule has 0 aliphatic rings. The number of carbonyl (C=O) groups is 1. The maximum Gasteiger partial charge on any atom is 0.220 e. The summed E-state index contributed by atoms with van der Waals surface area (Å²) in [5.74, 6) is 0.613. The second-order valence-electron chi connectivity index (χ2n) is 5.02. The van der Waals surface area contributed by atoms with Gasteiger partial charge in [-0.3, -0.25) is 4.79 Å². The summed E-state index contributed by atoms with van der Waals surface area (Å²) in [5.41, 5.74) is 5.57. The fourth-order valence-corrected chi connectivity index (χ4v) is 2.15. The number of aliphatic hydroxyl groups excluding tert-OH is 1. The number of aliphatic hydroxyl groups is 1. The van der Waals surface area contributed by atoms with Gasteiger partial charge >= 0.3 is 0 Å². The van der Waals surface area contributed by atoms with Gasteiger partial charge in [-0.2, -0.15) is 0 Å². The van der Waals surface area contributed by atoms with E-state index >= 15 is 0 Å². The molecule has 0 saturated carbocycles. The molecule has 0 aliphatic carbocycles. The zero-order valence-corrected chi connectivity index (χ0v) is 12.4. The number of hydrogen-bond acceptors (Lipinski definition) is 4. The molecule has 0 rings (SSSR count). The quantitative estimate of drug-likeness (QED) is 0.496. The van der Waals surface area contributed by atoms with Crippen molar-refractivity contribution in [3.63, 3.8) is 0 Å². The molecule has 0 aromatic heterocycles. The molecule has 0 aliphatic heterocycles. The van der Waals surface area contributed by atoms with Gasteiger partial charge < -0.3 is 20.9 Å². The van der Waals surface area contributed by atoms with E-state index in [0.717, 1.165) is 25.7 Å². The van der Waals surface area contributed by atoms with E-state index < -0.39 is 6.10 Å². The molecule has 0 spiro atoms. The minimum Gasteiger partial charge on any atom is -0.391 e. The van der Waals surface area contributed by atoms with Gasteiger partial charge in [-0.25, -0.2) is 0 Å². The SMILES string of the molecule is CCCC(CCN)CCC(=O)NCCC(O)COC. The Bertz CT molecular complexity index is 219. The third-order valence-corrected chi connectivity index (χ3v) is 3.21. The highest BCUT2D eigenvalue weighted by Crippen LogP contribution is 2.16. The summed E-state index contributed by atoms with van der Waals surface area (Å²) < 4.78 is 4.82. The van der Waals surface area contributed by atoms with E-state index in [9.17, 15) is 9.90 Å². The minimum absolute atomic E-state index is 0.0581. The van der Waals surface area contributed by atoms with Crippen LogP contribution in [0.2, 0.25) is 0 Å². The number of carbonyl (C=O) groups excluding carboxylic acids is 1. The lowest BCUT2D eigenvalue weighted by Gasteiger charge is -2.15. The Morgan fingerprint density at radius 3 is 2.63 bits per heavy atom. The molecule has 0 fully saturated rings. The van der Waals surface area contributed by atoms with Crippen molar-refractivity contribution >= 4 is 5.91 Å². The summed E-state index contributed by atoms with van der Waals surface area (Å²) in [6, 6.07) is 0. The Morgan fingerprint density at radius 1 is 1.32 bits per heavy atom. The molecule has 1 amide bonds. The van der Waals surface area contributed by atoms with Gasteiger partial charge in [-0.1, -0.05) is 19.8 Å². The number of methoxy groups -OCH3 is 1. The van der Waals surface area contributed by atoms with E-state index in [1.807, 2.05) is 0 Å². The summed E-state index contributed by atoms with van der Waals surface area (Å²) in [7, 11) is 1.55. The maximum atomic E-state index is 11.6. The van der Waals surface area contributed by atoms with Crippen molar-refractivity contribution in [2.45, 2.75) is 51.6 Å². The third kappa shape index (κ3) is 10.9. The van der Waals surface area contributed by atoms with Crippen LogP contribution in [-0.4, -0.2) is 43.9 Å². The van der Waals surface area contributed by atoms with Crippen LogP contribution in [0.5, 0.6) is 0 Å². The van der Waals surface area contributed by atoms with E-state index in [1.54, 1.807) is 7.11 Å². The highest BCUT2D eigenvalue weighted by molar-refractivity contribution is 5.75. The molecule has 0 radical (unpaired) electrons. The molecule has 5 heteroatoms. The van der Waals surface area contributed by atoms with Gasteiger partial charge in [0, 0.05) is 20.1 Å². The van der Waals surface area contributed by atoms with Crippen LogP contribution >= 0.6 is 0 Å². The standard InChI is InChI=1S/C14H30N2O3/c1-3-4-12(7-9-15)5-6-14(18)16-10-8-13(17)11-19-2/h12-13,17H,3-11,15H2,1-2H3,(H,16,18). The largest absolute Gasteiger partial charge is 0.391 e. The molecule has 0 aromatic carbocycles. The zero-order chi connectivity index (χ0) is 14.5. The van der Waals surface area contributed by atoms with Gasteiger partial charge in [0.15, 0.2) is 0 Å². The van der Waals surface area contributed by atoms with E-state index in [4.69, 9.17) is 10.5 Å². The number of hydrogen-bond donors (Lipinski definition) is 3. The second-order valence-corrected chi connectivity index (χ2v) is 5.02. The molecule has 2 unspecified atom stereocenters. The smallest absolute Gasteiger partial charge is 0.220 e. The predicted octanol–water partition coefficient (Wildman–Crippen LogP) is 1.05. The van der Waals surface area contributed by atoms with Crippen LogP contribution in [0.15, 0.2) is 0 Å². The number of amides is 1. The summed E-state index contributed by atoms with van der Waals surface area (Å²) in [6.07, 6.45) is 4.74. The van der Waals surface area contributed by atoms with Crippen LogP contribution in [-0.2, 0) is 9.53 Å². The molecule has 5 nitrogen and oxygen atoms in total. The number of nitrogens with one attached hydrogen (secondary N) is 1. The number of rotatable bonds is 12. The van der Waals surface area contributed by atoms with Crippen molar-refractivity contribution < 1.29 is 14.6 Å². The molecule has 19 heavy (non-hydrogen) atoms. The second kappa shape index (κ2) is 12.4. The van der Waals surface area contributed by atoms with Gasteiger partial charge in [0.2, 0.25) is 5.91 Å². The normalized spacial score (nSPS) is 14.1. The van der Waals surface area contributed by atoms with Crippen LogP contribution in [0.25, 0.3) is 0 Å². The Labute approximate surface area is 116 Å². The number of ether oxygens (including phenoxy) is 1. The first-order chi connectivity index (χ1) is 9.13. The highest BCUT2D eigenvalue weighted by atomic mass is 16.5. The molecule has 0 heterocycles. The Kier molecular flexibility index (Phi) is 12.0. The molecular formula is C14H30N2O3. The fourth-order valence-electron chi connectivity index (χ4n) is 2.15. The van der Waals surface area contributed by atoms with Gasteiger partial charge in [-0.15, -0.1) is 0 Å². The predicted molar refractivity (Wildman–Crippen MR) is 76.8 cm³/mol. The summed E-state index contributed by atoms with van der Waals surface area (Å²) in [5, 5.41) is 12.3. The monoisotopic (exact) mass is 274 g/mol. The fraction of sp³-hybridized carbons (Fsp3) is 0.929. The zero-order valence-electron chi connectivity index (χ0n) is 12.4. The maximum absolute atomic E-state index is 11.6. The molecule has 0 bridgehead atoms. The topological polar surface area (TPSA) is 84.6 Å². The van der Waals surface area contributed by atoms with E-state index in [0.29, 0.717) is 38.5 Å². The molecular weight excluding hydrogens is 244 g/mol. The van der Waals surface area contributed by atoms with Crippen LogP contribution in [0, 0.1) is 5.92 Å². The lowest BCUT2D eigenvalue weighted by molar-refractivity contribution is -0.121. The lowest BCUT2D eigenvalue weighted by atomic mass is 9.94. The molecule has 114 valence electrons. The Balaban J connectivity index is 3.67. The van der Waals surface area contributed by atoms with E-state index in [-0.39, 0.29) is 5.91 Å². The first-order valence-electron chi connectivity index (χ1n) is 7.27. The summed E-state index contributed by atoms with van der Waals surface area (Å²) in [4.78, 5) is 11.6. The Hall–Kier alpha value is -0.650. The molecule has 4 N–H and O–H groups in total. The lowest BCUT2D eigenvalue weighted by Crippen LogP contribution is -2.28. The average Bonchev–Trinajstić information content (AvgIpc) is 2.37. The highest BCUT2D eigenvalue weighted by Gasteiger charge is 2.10. The summed E-state index contributed by atoms with van der Waals surface area (Å²) >= 11 is 0. The van der Waals surface area contributed by atoms with Crippen molar-refractivity contribution in [1.29, 1.82) is 0 Å². The van der Waals surface area contributed by atoms with E-state index in [1.165, 1.54) is 0 Å². The van der Waals surface area contributed by atoms with Gasteiger partial charge in [0.1, 0.15) is 0 Å². The minimum atomic E-state index is -0.504. The van der Waals surface area contributed by atoms with Crippen LogP contribution in [0.4, 0.5) is 0 Å². The first kappa shape index (κ1) is 18.4. The summed E-state index contributed by atoms with van der Waals surface area (Å²) in [6.45, 7) is 3.65. The average molecular weight is 274 g/mol. The van der Waals surface area contributed by atoms with Gasteiger partial charge in [-0.05, 0) is 31.7 Å². The van der Waals surface area contributed by atoms with Crippen molar-refractivity contribution in [3.05, 3.63) is 0 Å². The van der Waals surface area contributed by atoms with Crippen molar-refractivity contribution in [3.8, 4) is 0 Å². The first-order valence-corrected chi connectivity index (χ1v) is 7.27. The Morgan fingerprint density at radius 2 is 2.05 bits per heavy atom. The van der Waals surface area contributed by atoms with Crippen molar-refractivity contribution in [1.82, 2.24) is 5.32 Å². The molecule has 0 saturated heterocycles.